The molecule has 1 saturated heterocycles. The van der Waals surface area contributed by atoms with Gasteiger partial charge in [-0.3, -0.25) is 9.59 Å². The Hall–Kier alpha value is -1.66. The minimum absolute atomic E-state index is 0.0247. The number of carbonyl (C=O) groups is 2. The van der Waals surface area contributed by atoms with Crippen molar-refractivity contribution in [1.82, 2.24) is 0 Å². The van der Waals surface area contributed by atoms with Gasteiger partial charge in [-0.15, -0.1) is 0 Å². The molecule has 1 aliphatic rings. The van der Waals surface area contributed by atoms with E-state index in [9.17, 15) is 9.59 Å². The molecule has 1 N–H and O–H groups in total. The van der Waals surface area contributed by atoms with Gasteiger partial charge in [-0.25, -0.2) is 0 Å². The van der Waals surface area contributed by atoms with Crippen LogP contribution in [-0.2, 0) is 9.59 Å². The van der Waals surface area contributed by atoms with Gasteiger partial charge in [0, 0.05) is 33.3 Å². The predicted octanol–water partition coefficient (Wildman–Crippen LogP) is 4.20. The van der Waals surface area contributed by atoms with Crippen molar-refractivity contribution < 1.29 is 9.59 Å². The first-order valence-electron chi connectivity index (χ1n) is 7.15. The van der Waals surface area contributed by atoms with Gasteiger partial charge >= 0.3 is 0 Å². The van der Waals surface area contributed by atoms with Gasteiger partial charge in [-0.05, 0) is 48.5 Å². The van der Waals surface area contributed by atoms with E-state index in [-0.39, 0.29) is 24.2 Å². The fourth-order valence-electron chi connectivity index (χ4n) is 2.53. The van der Waals surface area contributed by atoms with Gasteiger partial charge in [0.25, 0.3) is 0 Å². The van der Waals surface area contributed by atoms with E-state index in [1.165, 1.54) is 0 Å². The molecule has 1 heterocycles. The quantitative estimate of drug-likeness (QED) is 0.782. The molecule has 0 aliphatic carbocycles. The van der Waals surface area contributed by atoms with E-state index in [4.69, 9.17) is 0 Å². The highest BCUT2D eigenvalue weighted by atomic mass is 79.9. The van der Waals surface area contributed by atoms with E-state index in [0.29, 0.717) is 6.54 Å². The molecular weight excluding hydrogens is 424 g/mol. The van der Waals surface area contributed by atoms with Crippen molar-refractivity contribution in [3.8, 4) is 0 Å². The molecule has 1 fully saturated rings. The fourth-order valence-corrected chi connectivity index (χ4v) is 3.06. The summed E-state index contributed by atoms with van der Waals surface area (Å²) in [5.74, 6) is -0.488. The maximum Gasteiger partial charge on any atom is 0.229 e. The summed E-state index contributed by atoms with van der Waals surface area (Å²) in [6.07, 6.45) is 0.235. The molecule has 4 nitrogen and oxygen atoms in total. The van der Waals surface area contributed by atoms with Crippen molar-refractivity contribution in [3.05, 3.63) is 57.5 Å². The van der Waals surface area contributed by atoms with Crippen LogP contribution in [-0.4, -0.2) is 18.4 Å². The predicted molar refractivity (Wildman–Crippen MR) is 97.4 cm³/mol. The maximum absolute atomic E-state index is 12.4. The van der Waals surface area contributed by atoms with Crippen molar-refractivity contribution in [2.24, 2.45) is 5.92 Å². The lowest BCUT2D eigenvalue weighted by Crippen LogP contribution is -2.28. The molecule has 2 amide bonds. The summed E-state index contributed by atoms with van der Waals surface area (Å²) in [6, 6.07) is 14.9. The van der Waals surface area contributed by atoms with Crippen LogP contribution in [0.1, 0.15) is 6.42 Å². The third kappa shape index (κ3) is 3.82. The number of nitrogens with one attached hydrogen (secondary N) is 1. The van der Waals surface area contributed by atoms with E-state index < -0.39 is 0 Å². The molecule has 0 spiro atoms. The highest BCUT2D eigenvalue weighted by molar-refractivity contribution is 9.10. The van der Waals surface area contributed by atoms with E-state index >= 15 is 0 Å². The third-order valence-electron chi connectivity index (χ3n) is 3.75. The zero-order valence-corrected chi connectivity index (χ0v) is 15.3. The Morgan fingerprint density at radius 1 is 1.00 bits per heavy atom. The molecule has 3 rings (SSSR count). The average molecular weight is 438 g/mol. The van der Waals surface area contributed by atoms with Crippen LogP contribution in [0.5, 0.6) is 0 Å². The lowest BCUT2D eigenvalue weighted by Gasteiger charge is -2.16. The van der Waals surface area contributed by atoms with Crippen LogP contribution in [0.15, 0.2) is 57.5 Å². The lowest BCUT2D eigenvalue weighted by atomic mass is 10.1. The van der Waals surface area contributed by atoms with Gasteiger partial charge in [0.1, 0.15) is 0 Å². The summed E-state index contributed by atoms with van der Waals surface area (Å²) < 4.78 is 1.91. The van der Waals surface area contributed by atoms with Gasteiger partial charge in [0.05, 0.1) is 5.92 Å². The molecule has 118 valence electrons. The summed E-state index contributed by atoms with van der Waals surface area (Å²) >= 11 is 6.73. The largest absolute Gasteiger partial charge is 0.326 e. The molecule has 0 radical (unpaired) electrons. The Bertz CT molecular complexity index is 729. The second-order valence-corrected chi connectivity index (χ2v) is 7.21. The van der Waals surface area contributed by atoms with Crippen LogP contribution in [0, 0.1) is 5.92 Å². The average Bonchev–Trinajstić information content (AvgIpc) is 2.92. The normalized spacial score (nSPS) is 17.4. The van der Waals surface area contributed by atoms with E-state index in [2.05, 4.69) is 37.2 Å². The molecule has 0 saturated carbocycles. The monoisotopic (exact) mass is 436 g/mol. The molecule has 6 heteroatoms. The molecule has 0 bridgehead atoms. The molecule has 0 aromatic heterocycles. The topological polar surface area (TPSA) is 49.4 Å². The van der Waals surface area contributed by atoms with E-state index in [1.807, 2.05) is 48.5 Å². The van der Waals surface area contributed by atoms with Crippen LogP contribution in [0.3, 0.4) is 0 Å². The van der Waals surface area contributed by atoms with Crippen molar-refractivity contribution in [1.29, 1.82) is 0 Å². The summed E-state index contributed by atoms with van der Waals surface area (Å²) in [7, 11) is 0. The fraction of sp³-hybridized carbons (Fsp3) is 0.176. The van der Waals surface area contributed by atoms with Gasteiger partial charge < -0.3 is 10.2 Å². The Balaban J connectivity index is 1.68. The number of hydrogen-bond acceptors (Lipinski definition) is 2. The van der Waals surface area contributed by atoms with Crippen LogP contribution >= 0.6 is 31.9 Å². The minimum atomic E-state index is -0.338. The van der Waals surface area contributed by atoms with Crippen LogP contribution < -0.4 is 10.2 Å². The highest BCUT2D eigenvalue weighted by Gasteiger charge is 2.35. The molecule has 0 unspecified atom stereocenters. The lowest BCUT2D eigenvalue weighted by molar-refractivity contribution is -0.122. The second kappa shape index (κ2) is 6.84. The number of halogens is 2. The number of carbonyl (C=O) groups excluding carboxylic acids is 2. The molecule has 2 aromatic rings. The highest BCUT2D eigenvalue weighted by Crippen LogP contribution is 2.27. The van der Waals surface area contributed by atoms with Crippen LogP contribution in [0.25, 0.3) is 0 Å². The van der Waals surface area contributed by atoms with Crippen molar-refractivity contribution in [2.45, 2.75) is 6.42 Å². The summed E-state index contributed by atoms with van der Waals surface area (Å²) in [6.45, 7) is 0.406. The number of anilines is 2. The number of hydrogen-bond donors (Lipinski definition) is 1. The third-order valence-corrected chi connectivity index (χ3v) is 4.80. The Kier molecular flexibility index (Phi) is 4.82. The Labute approximate surface area is 151 Å². The number of rotatable bonds is 3. The first-order chi connectivity index (χ1) is 11.0. The van der Waals surface area contributed by atoms with E-state index in [0.717, 1.165) is 20.3 Å². The SMILES string of the molecule is O=C(Nc1ccc(Br)cc1)[C@@H]1CC(=O)N(c2ccc(Br)cc2)C1. The number of benzene rings is 2. The number of nitrogens with zero attached hydrogens (tertiary/aromatic N) is 1. The second-order valence-electron chi connectivity index (χ2n) is 5.38. The Morgan fingerprint density at radius 3 is 2.17 bits per heavy atom. The first-order valence-corrected chi connectivity index (χ1v) is 8.74. The van der Waals surface area contributed by atoms with E-state index in [1.54, 1.807) is 4.90 Å². The van der Waals surface area contributed by atoms with Gasteiger partial charge in [0.2, 0.25) is 11.8 Å². The molecule has 1 atom stereocenters. The van der Waals surface area contributed by atoms with Gasteiger partial charge in [-0.1, -0.05) is 31.9 Å². The van der Waals surface area contributed by atoms with Crippen LogP contribution in [0.4, 0.5) is 11.4 Å². The maximum atomic E-state index is 12.4. The van der Waals surface area contributed by atoms with Crippen molar-refractivity contribution in [2.75, 3.05) is 16.8 Å². The summed E-state index contributed by atoms with van der Waals surface area (Å²) in [4.78, 5) is 26.2. The molecular formula is C17H14Br2N2O2. The van der Waals surface area contributed by atoms with Crippen molar-refractivity contribution >= 4 is 55.0 Å². The standard InChI is InChI=1S/C17H14Br2N2O2/c18-12-1-5-14(6-2-12)20-17(23)11-9-16(22)21(10-11)15-7-3-13(19)4-8-15/h1-8,11H,9-10H2,(H,20,23)/t11-/m1/s1. The van der Waals surface area contributed by atoms with Gasteiger partial charge in [-0.2, -0.15) is 0 Å². The first kappa shape index (κ1) is 16.2. The van der Waals surface area contributed by atoms with Crippen molar-refractivity contribution in [3.63, 3.8) is 0 Å². The molecule has 2 aromatic carbocycles. The zero-order chi connectivity index (χ0) is 16.4. The van der Waals surface area contributed by atoms with Crippen LogP contribution in [0.2, 0.25) is 0 Å². The zero-order valence-electron chi connectivity index (χ0n) is 12.1. The smallest absolute Gasteiger partial charge is 0.229 e. The number of amides is 2. The van der Waals surface area contributed by atoms with Gasteiger partial charge in [0.15, 0.2) is 0 Å². The summed E-state index contributed by atoms with van der Waals surface area (Å²) in [5, 5.41) is 2.87. The molecule has 1 aliphatic heterocycles. The molecule has 23 heavy (non-hydrogen) atoms. The minimum Gasteiger partial charge on any atom is -0.326 e. The summed E-state index contributed by atoms with van der Waals surface area (Å²) in [5.41, 5.74) is 1.55. The Morgan fingerprint density at radius 2 is 1.57 bits per heavy atom.